The lowest BCUT2D eigenvalue weighted by molar-refractivity contribution is -0.123. The van der Waals surface area contributed by atoms with Crippen molar-refractivity contribution in [2.75, 3.05) is 6.61 Å². The van der Waals surface area contributed by atoms with Crippen LogP contribution in [0.5, 0.6) is 5.75 Å². The molecule has 1 aromatic heterocycles. The van der Waals surface area contributed by atoms with Crippen molar-refractivity contribution in [2.45, 2.75) is 0 Å². The predicted molar refractivity (Wildman–Crippen MR) is 111 cm³/mol. The van der Waals surface area contributed by atoms with Gasteiger partial charge in [-0.3, -0.25) is 4.79 Å². The van der Waals surface area contributed by atoms with E-state index in [1.807, 2.05) is 66.9 Å². The molecule has 0 aliphatic carbocycles. The minimum absolute atomic E-state index is 0.106. The summed E-state index contributed by atoms with van der Waals surface area (Å²) in [4.78, 5) is 15.2. The zero-order valence-electron chi connectivity index (χ0n) is 14.3. The molecule has 134 valence electrons. The van der Waals surface area contributed by atoms with Crippen molar-refractivity contribution in [3.63, 3.8) is 0 Å². The maximum absolute atomic E-state index is 12.0. The van der Waals surface area contributed by atoms with E-state index in [1.54, 1.807) is 6.21 Å². The van der Waals surface area contributed by atoms with Gasteiger partial charge in [0, 0.05) is 32.5 Å². The van der Waals surface area contributed by atoms with E-state index in [2.05, 4.69) is 31.4 Å². The van der Waals surface area contributed by atoms with Gasteiger partial charge in [0.15, 0.2) is 6.61 Å². The molecule has 1 amide bonds. The van der Waals surface area contributed by atoms with Crippen LogP contribution in [0.4, 0.5) is 0 Å². The fourth-order valence-electron chi connectivity index (χ4n) is 2.89. The highest BCUT2D eigenvalue weighted by Crippen LogP contribution is 2.25. The highest BCUT2D eigenvalue weighted by molar-refractivity contribution is 9.10. The number of hydrazone groups is 1. The third kappa shape index (κ3) is 3.85. The van der Waals surface area contributed by atoms with Crippen LogP contribution in [0.2, 0.25) is 0 Å². The molecule has 27 heavy (non-hydrogen) atoms. The Morgan fingerprint density at radius 2 is 1.96 bits per heavy atom. The minimum Gasteiger partial charge on any atom is -0.483 e. The Hall–Kier alpha value is -3.12. The Bertz CT molecular complexity index is 1150. The molecule has 0 atom stereocenters. The van der Waals surface area contributed by atoms with Crippen LogP contribution < -0.4 is 10.2 Å². The Labute approximate surface area is 164 Å². The molecule has 4 rings (SSSR count). The summed E-state index contributed by atoms with van der Waals surface area (Å²) in [6, 6.07) is 19.6. The number of halogens is 1. The number of aromatic nitrogens is 1. The van der Waals surface area contributed by atoms with Crippen LogP contribution in [0.15, 0.2) is 76.4 Å². The third-order valence-electron chi connectivity index (χ3n) is 4.18. The first-order valence-electron chi connectivity index (χ1n) is 8.40. The van der Waals surface area contributed by atoms with Gasteiger partial charge < -0.3 is 9.72 Å². The van der Waals surface area contributed by atoms with E-state index in [9.17, 15) is 4.79 Å². The van der Waals surface area contributed by atoms with Crippen LogP contribution in [0.1, 0.15) is 5.56 Å². The summed E-state index contributed by atoms with van der Waals surface area (Å²) in [5.41, 5.74) is 4.39. The van der Waals surface area contributed by atoms with Crippen LogP contribution in [0.25, 0.3) is 21.7 Å². The number of nitrogens with zero attached hydrogens (tertiary/aromatic N) is 1. The van der Waals surface area contributed by atoms with Gasteiger partial charge in [-0.25, -0.2) is 5.43 Å². The number of rotatable bonds is 5. The molecule has 0 fully saturated rings. The van der Waals surface area contributed by atoms with E-state index in [-0.39, 0.29) is 12.5 Å². The standard InChI is InChI=1S/C21H16BrN3O2/c22-16-8-9-19-18(10-16)15(11-23-19)12-24-25-21(26)13-27-20-7-3-5-14-4-1-2-6-17(14)20/h1-12,23H,13H2,(H,25,26)/b24-12+. The Balaban J connectivity index is 1.39. The number of aromatic amines is 1. The first-order chi connectivity index (χ1) is 13.2. The zero-order valence-corrected chi connectivity index (χ0v) is 15.9. The average Bonchev–Trinajstić information content (AvgIpc) is 3.08. The van der Waals surface area contributed by atoms with Crippen LogP contribution in [-0.4, -0.2) is 23.7 Å². The molecule has 0 aliphatic rings. The molecule has 0 radical (unpaired) electrons. The lowest BCUT2D eigenvalue weighted by atomic mass is 10.1. The highest BCUT2D eigenvalue weighted by atomic mass is 79.9. The summed E-state index contributed by atoms with van der Waals surface area (Å²) >= 11 is 3.46. The summed E-state index contributed by atoms with van der Waals surface area (Å²) in [6.07, 6.45) is 3.46. The van der Waals surface area contributed by atoms with Gasteiger partial charge in [0.1, 0.15) is 5.75 Å². The molecule has 3 aromatic carbocycles. The number of carbonyl (C=O) groups is 1. The van der Waals surface area contributed by atoms with Gasteiger partial charge in [-0.15, -0.1) is 0 Å². The highest BCUT2D eigenvalue weighted by Gasteiger charge is 2.06. The summed E-state index contributed by atoms with van der Waals surface area (Å²) in [6.45, 7) is -0.106. The molecule has 0 saturated heterocycles. The summed E-state index contributed by atoms with van der Waals surface area (Å²) in [7, 11) is 0. The first-order valence-corrected chi connectivity index (χ1v) is 9.19. The summed E-state index contributed by atoms with van der Waals surface area (Å²) in [5.74, 6) is 0.355. The number of hydrogen-bond acceptors (Lipinski definition) is 3. The third-order valence-corrected chi connectivity index (χ3v) is 4.67. The average molecular weight is 422 g/mol. The molecular formula is C21H16BrN3O2. The fraction of sp³-hybridized carbons (Fsp3) is 0.0476. The van der Waals surface area contributed by atoms with Gasteiger partial charge in [0.05, 0.1) is 6.21 Å². The SMILES string of the molecule is O=C(COc1cccc2ccccc12)N/N=C/c1c[nH]c2ccc(Br)cc12. The van der Waals surface area contributed by atoms with E-state index in [1.165, 1.54) is 0 Å². The monoisotopic (exact) mass is 421 g/mol. The van der Waals surface area contributed by atoms with E-state index in [0.717, 1.165) is 31.7 Å². The molecule has 6 heteroatoms. The number of H-pyrrole nitrogens is 1. The lowest BCUT2D eigenvalue weighted by Crippen LogP contribution is -2.24. The second kappa shape index (κ2) is 7.63. The quantitative estimate of drug-likeness (QED) is 0.364. The van der Waals surface area contributed by atoms with Gasteiger partial charge in [-0.05, 0) is 29.7 Å². The Morgan fingerprint density at radius 1 is 1.11 bits per heavy atom. The maximum Gasteiger partial charge on any atom is 0.277 e. The van der Waals surface area contributed by atoms with Crippen molar-refractivity contribution < 1.29 is 9.53 Å². The van der Waals surface area contributed by atoms with Crippen molar-refractivity contribution in [3.8, 4) is 5.75 Å². The lowest BCUT2D eigenvalue weighted by Gasteiger charge is -2.08. The number of amides is 1. The summed E-state index contributed by atoms with van der Waals surface area (Å²) < 4.78 is 6.64. The van der Waals surface area contributed by atoms with Gasteiger partial charge in [-0.2, -0.15) is 5.10 Å². The van der Waals surface area contributed by atoms with Crippen LogP contribution in [0.3, 0.4) is 0 Å². The largest absolute Gasteiger partial charge is 0.483 e. The predicted octanol–water partition coefficient (Wildman–Crippen LogP) is 4.61. The fourth-order valence-corrected chi connectivity index (χ4v) is 3.25. The van der Waals surface area contributed by atoms with Crippen LogP contribution >= 0.6 is 15.9 Å². The Kier molecular flexibility index (Phi) is 4.89. The number of nitrogens with one attached hydrogen (secondary N) is 2. The molecule has 0 spiro atoms. The normalized spacial score (nSPS) is 11.3. The molecular weight excluding hydrogens is 406 g/mol. The van der Waals surface area contributed by atoms with Crippen molar-refractivity contribution in [3.05, 3.63) is 76.9 Å². The second-order valence-corrected chi connectivity index (χ2v) is 6.91. The molecule has 0 aliphatic heterocycles. The zero-order chi connectivity index (χ0) is 18.6. The van der Waals surface area contributed by atoms with Crippen LogP contribution in [0, 0.1) is 0 Å². The minimum atomic E-state index is -0.319. The summed E-state index contributed by atoms with van der Waals surface area (Å²) in [5, 5.41) is 7.09. The van der Waals surface area contributed by atoms with Crippen molar-refractivity contribution in [1.29, 1.82) is 0 Å². The van der Waals surface area contributed by atoms with E-state index in [0.29, 0.717) is 5.75 Å². The molecule has 5 nitrogen and oxygen atoms in total. The number of benzene rings is 3. The van der Waals surface area contributed by atoms with Gasteiger partial charge >= 0.3 is 0 Å². The van der Waals surface area contributed by atoms with Gasteiger partial charge in [0.2, 0.25) is 0 Å². The number of carbonyl (C=O) groups excluding carboxylic acids is 1. The van der Waals surface area contributed by atoms with E-state index in [4.69, 9.17) is 4.74 Å². The number of hydrogen-bond donors (Lipinski definition) is 2. The van der Waals surface area contributed by atoms with Crippen molar-refractivity contribution in [1.82, 2.24) is 10.4 Å². The van der Waals surface area contributed by atoms with Crippen molar-refractivity contribution in [2.24, 2.45) is 5.10 Å². The molecule has 0 bridgehead atoms. The molecule has 2 N–H and O–H groups in total. The topological polar surface area (TPSA) is 66.5 Å². The second-order valence-electron chi connectivity index (χ2n) is 5.99. The molecule has 0 saturated carbocycles. The maximum atomic E-state index is 12.0. The van der Waals surface area contributed by atoms with Gasteiger partial charge in [0.25, 0.3) is 5.91 Å². The first kappa shape index (κ1) is 17.3. The van der Waals surface area contributed by atoms with E-state index >= 15 is 0 Å². The van der Waals surface area contributed by atoms with E-state index < -0.39 is 0 Å². The van der Waals surface area contributed by atoms with Crippen molar-refractivity contribution >= 4 is 49.7 Å². The molecule has 4 aromatic rings. The van der Waals surface area contributed by atoms with Crippen LogP contribution in [-0.2, 0) is 4.79 Å². The molecule has 0 unspecified atom stereocenters. The Morgan fingerprint density at radius 3 is 2.89 bits per heavy atom. The number of ether oxygens (including phenoxy) is 1. The smallest absolute Gasteiger partial charge is 0.277 e. The number of fused-ring (bicyclic) bond motifs is 2. The van der Waals surface area contributed by atoms with Gasteiger partial charge in [-0.1, -0.05) is 52.3 Å². The molecule has 1 heterocycles.